The summed E-state index contributed by atoms with van der Waals surface area (Å²) in [6.07, 6.45) is 7.83. The smallest absolute Gasteiger partial charge is 0.245 e. The first-order valence-corrected chi connectivity index (χ1v) is 10.4. The zero-order valence-electron chi connectivity index (χ0n) is 17.5. The average molecular weight is 407 g/mol. The van der Waals surface area contributed by atoms with Crippen molar-refractivity contribution >= 4 is 16.7 Å². The molecule has 4 atom stereocenters. The molecule has 2 aromatic heterocycles. The number of anilines is 1. The molecule has 0 spiro atoms. The van der Waals surface area contributed by atoms with Gasteiger partial charge in [0.2, 0.25) is 5.95 Å². The van der Waals surface area contributed by atoms with E-state index in [0.29, 0.717) is 17.2 Å². The Balaban J connectivity index is 1.43. The molecule has 2 bridgehead atoms. The highest BCUT2D eigenvalue weighted by Gasteiger charge is 2.56. The SMILES string of the molecule is CN(c1ncc(-c2cc3ccncc3cc2O)nn1)[C@H]1C[C@]2(C)CC[C@@](C)(C2)[C@@H]1F. The van der Waals surface area contributed by atoms with E-state index in [2.05, 4.69) is 34.0 Å². The summed E-state index contributed by atoms with van der Waals surface area (Å²) in [7, 11) is 1.85. The maximum atomic E-state index is 15.4. The normalized spacial score (nSPS) is 30.5. The van der Waals surface area contributed by atoms with Crippen molar-refractivity contribution in [2.24, 2.45) is 10.8 Å². The van der Waals surface area contributed by atoms with Gasteiger partial charge in [0.25, 0.3) is 0 Å². The van der Waals surface area contributed by atoms with E-state index in [1.165, 1.54) is 0 Å². The molecule has 156 valence electrons. The number of pyridine rings is 1. The fourth-order valence-electron chi connectivity index (χ4n) is 5.59. The minimum Gasteiger partial charge on any atom is -0.507 e. The van der Waals surface area contributed by atoms with Gasteiger partial charge in [0, 0.05) is 35.8 Å². The van der Waals surface area contributed by atoms with Crippen molar-refractivity contribution in [3.63, 3.8) is 0 Å². The summed E-state index contributed by atoms with van der Waals surface area (Å²) in [5, 5.41) is 20.8. The largest absolute Gasteiger partial charge is 0.507 e. The number of aromatic nitrogens is 4. The van der Waals surface area contributed by atoms with E-state index >= 15 is 4.39 Å². The molecule has 0 radical (unpaired) electrons. The van der Waals surface area contributed by atoms with Crippen LogP contribution in [0.25, 0.3) is 22.0 Å². The number of halogens is 1. The van der Waals surface area contributed by atoms with Gasteiger partial charge in [-0.1, -0.05) is 13.8 Å². The van der Waals surface area contributed by atoms with Crippen molar-refractivity contribution < 1.29 is 9.50 Å². The lowest BCUT2D eigenvalue weighted by Crippen LogP contribution is -2.52. The molecule has 2 heterocycles. The summed E-state index contributed by atoms with van der Waals surface area (Å²) in [5.41, 5.74) is 0.935. The zero-order chi connectivity index (χ0) is 21.1. The molecule has 2 fully saturated rings. The summed E-state index contributed by atoms with van der Waals surface area (Å²) in [5.74, 6) is 0.505. The Labute approximate surface area is 175 Å². The standard InChI is InChI=1S/C23H26FN5O/c1-22-5-6-23(2,13-22)20(24)18(10-22)29(3)21-26-12-17(27-28-21)16-8-14-4-7-25-11-15(14)9-19(16)30/h4,7-9,11-12,18,20,30H,5-6,10,13H2,1-3H3/t18-,20+,22-,23-/m0/s1. The second-order valence-corrected chi connectivity index (χ2v) is 9.66. The van der Waals surface area contributed by atoms with Gasteiger partial charge in [-0.05, 0) is 54.7 Å². The van der Waals surface area contributed by atoms with Crippen LogP contribution >= 0.6 is 0 Å². The fraction of sp³-hybridized carbons (Fsp3) is 0.478. The van der Waals surface area contributed by atoms with E-state index in [9.17, 15) is 5.11 Å². The third-order valence-electron chi connectivity index (χ3n) is 7.23. The molecule has 2 aliphatic carbocycles. The topological polar surface area (TPSA) is 75.0 Å². The molecule has 1 N–H and O–H groups in total. The lowest BCUT2D eigenvalue weighted by Gasteiger charge is -2.46. The Bertz CT molecular complexity index is 1110. The summed E-state index contributed by atoms with van der Waals surface area (Å²) >= 11 is 0. The summed E-state index contributed by atoms with van der Waals surface area (Å²) in [4.78, 5) is 10.4. The van der Waals surface area contributed by atoms with E-state index in [1.54, 1.807) is 24.7 Å². The predicted molar refractivity (Wildman–Crippen MR) is 114 cm³/mol. The molecule has 6 nitrogen and oxygen atoms in total. The number of hydrogen-bond donors (Lipinski definition) is 1. The van der Waals surface area contributed by atoms with Gasteiger partial charge in [-0.3, -0.25) is 4.98 Å². The van der Waals surface area contributed by atoms with Gasteiger partial charge in [-0.15, -0.1) is 10.2 Å². The number of aromatic hydroxyl groups is 1. The average Bonchev–Trinajstić information content (AvgIpc) is 3.02. The van der Waals surface area contributed by atoms with Gasteiger partial charge >= 0.3 is 0 Å². The van der Waals surface area contributed by atoms with E-state index in [1.807, 2.05) is 24.1 Å². The van der Waals surface area contributed by atoms with Crippen LogP contribution in [0.2, 0.25) is 0 Å². The molecule has 5 rings (SSSR count). The van der Waals surface area contributed by atoms with Crippen LogP contribution in [-0.2, 0) is 0 Å². The minimum atomic E-state index is -0.917. The monoisotopic (exact) mass is 407 g/mol. The minimum absolute atomic E-state index is 0.0984. The van der Waals surface area contributed by atoms with Crippen LogP contribution in [0, 0.1) is 10.8 Å². The van der Waals surface area contributed by atoms with Crippen molar-refractivity contribution in [1.29, 1.82) is 0 Å². The molecule has 2 saturated carbocycles. The molecular formula is C23H26FN5O. The number of benzene rings is 1. The highest BCUT2D eigenvalue weighted by molar-refractivity contribution is 5.89. The van der Waals surface area contributed by atoms with Crippen LogP contribution in [0.15, 0.2) is 36.8 Å². The number of rotatable bonds is 3. The number of hydrogen-bond acceptors (Lipinski definition) is 6. The molecule has 30 heavy (non-hydrogen) atoms. The van der Waals surface area contributed by atoms with Gasteiger partial charge < -0.3 is 10.0 Å². The van der Waals surface area contributed by atoms with E-state index in [4.69, 9.17) is 0 Å². The Morgan fingerprint density at radius 3 is 2.73 bits per heavy atom. The van der Waals surface area contributed by atoms with E-state index in [0.717, 1.165) is 36.5 Å². The number of phenols is 1. The third kappa shape index (κ3) is 2.99. The molecule has 7 heteroatoms. The number of nitrogens with zero attached hydrogens (tertiary/aromatic N) is 5. The van der Waals surface area contributed by atoms with Crippen LogP contribution in [0.5, 0.6) is 5.75 Å². The maximum Gasteiger partial charge on any atom is 0.245 e. The van der Waals surface area contributed by atoms with Crippen molar-refractivity contribution in [2.75, 3.05) is 11.9 Å². The molecule has 0 amide bonds. The highest BCUT2D eigenvalue weighted by Crippen LogP contribution is 2.59. The first kappa shape index (κ1) is 19.2. The van der Waals surface area contributed by atoms with Crippen LogP contribution in [-0.4, -0.2) is 44.5 Å². The maximum absolute atomic E-state index is 15.4. The lowest BCUT2D eigenvalue weighted by atomic mass is 9.67. The Morgan fingerprint density at radius 1 is 1.13 bits per heavy atom. The van der Waals surface area contributed by atoms with E-state index in [-0.39, 0.29) is 22.6 Å². The van der Waals surface area contributed by atoms with Crippen LogP contribution < -0.4 is 4.90 Å². The van der Waals surface area contributed by atoms with Crippen LogP contribution in [0.3, 0.4) is 0 Å². The summed E-state index contributed by atoms with van der Waals surface area (Å²) < 4.78 is 15.4. The summed E-state index contributed by atoms with van der Waals surface area (Å²) in [6.45, 7) is 4.34. The number of alkyl halides is 1. The molecule has 1 aromatic carbocycles. The van der Waals surface area contributed by atoms with Gasteiger partial charge in [-0.2, -0.15) is 0 Å². The zero-order valence-corrected chi connectivity index (χ0v) is 17.5. The lowest BCUT2D eigenvalue weighted by molar-refractivity contribution is 0.0378. The van der Waals surface area contributed by atoms with Gasteiger partial charge in [-0.25, -0.2) is 9.37 Å². The van der Waals surface area contributed by atoms with Crippen LogP contribution in [0.1, 0.15) is 39.5 Å². The molecule has 2 aliphatic rings. The van der Waals surface area contributed by atoms with Gasteiger partial charge in [0.1, 0.15) is 17.6 Å². The second kappa shape index (κ2) is 6.59. The molecule has 3 aromatic rings. The molecule has 0 unspecified atom stereocenters. The van der Waals surface area contributed by atoms with Gasteiger partial charge in [0.15, 0.2) is 0 Å². The first-order valence-electron chi connectivity index (χ1n) is 10.4. The van der Waals surface area contributed by atoms with Crippen molar-refractivity contribution in [2.45, 2.75) is 51.7 Å². The third-order valence-corrected chi connectivity index (χ3v) is 7.23. The molecule has 0 aliphatic heterocycles. The molecule has 0 saturated heterocycles. The van der Waals surface area contributed by atoms with Crippen molar-refractivity contribution in [1.82, 2.24) is 20.2 Å². The number of fused-ring (bicyclic) bond motifs is 3. The van der Waals surface area contributed by atoms with Crippen LogP contribution in [0.4, 0.5) is 10.3 Å². The Morgan fingerprint density at radius 2 is 1.97 bits per heavy atom. The number of phenolic OH excluding ortho intramolecular Hbond substituents is 1. The Kier molecular flexibility index (Phi) is 4.21. The highest BCUT2D eigenvalue weighted by atomic mass is 19.1. The predicted octanol–water partition coefficient (Wildman–Crippen LogP) is 4.54. The quantitative estimate of drug-likeness (QED) is 0.687. The van der Waals surface area contributed by atoms with Crippen molar-refractivity contribution in [3.05, 3.63) is 36.8 Å². The first-order chi connectivity index (χ1) is 14.3. The fourth-order valence-corrected chi connectivity index (χ4v) is 5.59. The van der Waals surface area contributed by atoms with Crippen molar-refractivity contribution in [3.8, 4) is 17.0 Å². The van der Waals surface area contributed by atoms with E-state index < -0.39 is 6.17 Å². The van der Waals surface area contributed by atoms with Gasteiger partial charge in [0.05, 0.1) is 12.2 Å². The molecular weight excluding hydrogens is 381 g/mol. The second-order valence-electron chi connectivity index (χ2n) is 9.66. The summed E-state index contributed by atoms with van der Waals surface area (Å²) in [6, 6.07) is 5.12. The Hall–Kier alpha value is -2.83.